The van der Waals surface area contributed by atoms with Crippen LogP contribution >= 0.6 is 0 Å². The Balaban J connectivity index is 1.61. The molecular formula is C26H32FN3O4. The summed E-state index contributed by atoms with van der Waals surface area (Å²) in [5, 5.41) is 5.69. The van der Waals surface area contributed by atoms with Gasteiger partial charge in [0.25, 0.3) is 5.91 Å². The molecule has 0 radical (unpaired) electrons. The van der Waals surface area contributed by atoms with Crippen LogP contribution < -0.4 is 10.6 Å². The van der Waals surface area contributed by atoms with Crippen molar-refractivity contribution >= 4 is 17.9 Å². The average molecular weight is 470 g/mol. The molecule has 2 aromatic rings. The predicted molar refractivity (Wildman–Crippen MR) is 127 cm³/mol. The lowest BCUT2D eigenvalue weighted by Crippen LogP contribution is -2.44. The van der Waals surface area contributed by atoms with Crippen LogP contribution in [0.4, 0.5) is 9.18 Å². The number of alkyl carbamates (subject to hydrolysis) is 1. The number of nitrogens with zero attached hydrogens (tertiary/aromatic N) is 1. The molecule has 34 heavy (non-hydrogen) atoms. The van der Waals surface area contributed by atoms with E-state index in [4.69, 9.17) is 4.74 Å². The molecule has 2 atom stereocenters. The highest BCUT2D eigenvalue weighted by Crippen LogP contribution is 2.16. The number of rotatable bonds is 7. The van der Waals surface area contributed by atoms with Crippen LogP contribution in [0.1, 0.15) is 49.5 Å². The molecule has 0 saturated carbocycles. The molecule has 1 aliphatic rings. The molecule has 3 rings (SSSR count). The van der Waals surface area contributed by atoms with Crippen LogP contribution in [0.25, 0.3) is 0 Å². The molecule has 1 heterocycles. The number of halogens is 1. The molecule has 0 aliphatic carbocycles. The van der Waals surface area contributed by atoms with Gasteiger partial charge in [-0.05, 0) is 57.4 Å². The summed E-state index contributed by atoms with van der Waals surface area (Å²) in [6.45, 7) is 6.13. The number of carbonyl (C=O) groups is 3. The Hall–Kier alpha value is -3.42. The zero-order valence-electron chi connectivity index (χ0n) is 19.8. The van der Waals surface area contributed by atoms with Crippen LogP contribution in [0.3, 0.4) is 0 Å². The molecule has 0 aromatic heterocycles. The Morgan fingerprint density at radius 3 is 2.44 bits per heavy atom. The number of nitrogens with one attached hydrogen (secondary N) is 2. The SMILES string of the molecule is CC(C)(C)OC(=O)NC(CC(=O)N1CCC(NC(=O)c2ccccc2)C1)Cc1ccccc1F. The van der Waals surface area contributed by atoms with E-state index in [0.29, 0.717) is 30.6 Å². The Morgan fingerprint density at radius 2 is 1.76 bits per heavy atom. The van der Waals surface area contributed by atoms with Gasteiger partial charge in [0.05, 0.1) is 0 Å². The average Bonchev–Trinajstić information content (AvgIpc) is 3.23. The number of hydrogen-bond acceptors (Lipinski definition) is 4. The summed E-state index contributed by atoms with van der Waals surface area (Å²) in [4.78, 5) is 39.5. The third-order valence-corrected chi connectivity index (χ3v) is 5.48. The van der Waals surface area contributed by atoms with E-state index in [1.54, 1.807) is 68.1 Å². The summed E-state index contributed by atoms with van der Waals surface area (Å²) in [7, 11) is 0. The van der Waals surface area contributed by atoms with Crippen LogP contribution in [-0.2, 0) is 16.0 Å². The molecule has 2 aromatic carbocycles. The molecule has 2 N–H and O–H groups in total. The lowest BCUT2D eigenvalue weighted by Gasteiger charge is -2.25. The standard InChI is InChI=1S/C26H32FN3O4/c1-26(2,3)34-25(33)29-21(15-19-11-7-8-12-22(19)27)16-23(31)30-14-13-20(17-30)28-24(32)18-9-5-4-6-10-18/h4-12,20-21H,13-17H2,1-3H3,(H,28,32)(H,29,33). The molecule has 2 unspecified atom stereocenters. The largest absolute Gasteiger partial charge is 0.444 e. The Bertz CT molecular complexity index is 1010. The highest BCUT2D eigenvalue weighted by atomic mass is 19.1. The first-order valence-corrected chi connectivity index (χ1v) is 11.5. The van der Waals surface area contributed by atoms with E-state index in [0.717, 1.165) is 0 Å². The fourth-order valence-electron chi connectivity index (χ4n) is 3.88. The normalized spacial score (nSPS) is 16.6. The monoisotopic (exact) mass is 469 g/mol. The van der Waals surface area contributed by atoms with Gasteiger partial charge in [0, 0.05) is 37.2 Å². The Kier molecular flexibility index (Phi) is 8.26. The molecule has 7 nitrogen and oxygen atoms in total. The van der Waals surface area contributed by atoms with E-state index in [9.17, 15) is 18.8 Å². The summed E-state index contributed by atoms with van der Waals surface area (Å²) in [5.41, 5.74) is 0.278. The maximum Gasteiger partial charge on any atom is 0.407 e. The highest BCUT2D eigenvalue weighted by molar-refractivity contribution is 5.94. The van der Waals surface area contributed by atoms with Crippen molar-refractivity contribution in [3.8, 4) is 0 Å². The van der Waals surface area contributed by atoms with Crippen LogP contribution in [-0.4, -0.2) is 53.6 Å². The maximum absolute atomic E-state index is 14.2. The minimum atomic E-state index is -0.699. The lowest BCUT2D eigenvalue weighted by molar-refractivity contribution is -0.130. The maximum atomic E-state index is 14.2. The fourth-order valence-corrected chi connectivity index (χ4v) is 3.88. The van der Waals surface area contributed by atoms with Crippen LogP contribution in [0, 0.1) is 5.82 Å². The van der Waals surface area contributed by atoms with Gasteiger partial charge in [-0.3, -0.25) is 9.59 Å². The van der Waals surface area contributed by atoms with E-state index in [-0.39, 0.29) is 30.7 Å². The lowest BCUT2D eigenvalue weighted by atomic mass is 10.0. The van der Waals surface area contributed by atoms with Crippen LogP contribution in [0.2, 0.25) is 0 Å². The number of amides is 3. The second-order valence-electron chi connectivity index (χ2n) is 9.51. The fraction of sp³-hybridized carbons (Fsp3) is 0.423. The zero-order chi connectivity index (χ0) is 24.7. The Labute approximate surface area is 199 Å². The molecule has 0 bridgehead atoms. The predicted octanol–water partition coefficient (Wildman–Crippen LogP) is 3.68. The number of hydrogen-bond donors (Lipinski definition) is 2. The first-order valence-electron chi connectivity index (χ1n) is 11.5. The second-order valence-corrected chi connectivity index (χ2v) is 9.51. The molecule has 1 aliphatic heterocycles. The zero-order valence-corrected chi connectivity index (χ0v) is 19.8. The third-order valence-electron chi connectivity index (χ3n) is 5.48. The summed E-state index contributed by atoms with van der Waals surface area (Å²) in [5.74, 6) is -0.742. The topological polar surface area (TPSA) is 87.7 Å². The van der Waals surface area contributed by atoms with Crippen molar-refractivity contribution in [2.75, 3.05) is 13.1 Å². The van der Waals surface area contributed by atoms with Crippen molar-refractivity contribution in [2.24, 2.45) is 0 Å². The molecule has 182 valence electrons. The van der Waals surface area contributed by atoms with Gasteiger partial charge in [-0.25, -0.2) is 9.18 Å². The van der Waals surface area contributed by atoms with Gasteiger partial charge < -0.3 is 20.3 Å². The van der Waals surface area contributed by atoms with Crippen molar-refractivity contribution in [3.05, 3.63) is 71.5 Å². The number of ether oxygens (including phenoxy) is 1. The minimum Gasteiger partial charge on any atom is -0.444 e. The van der Waals surface area contributed by atoms with Crippen molar-refractivity contribution in [1.29, 1.82) is 0 Å². The molecule has 0 spiro atoms. The quantitative estimate of drug-likeness (QED) is 0.648. The Morgan fingerprint density at radius 1 is 1.09 bits per heavy atom. The summed E-state index contributed by atoms with van der Waals surface area (Å²) in [6, 6.07) is 14.4. The summed E-state index contributed by atoms with van der Waals surface area (Å²) < 4.78 is 19.6. The molecule has 8 heteroatoms. The third kappa shape index (κ3) is 7.57. The van der Waals surface area contributed by atoms with Gasteiger partial charge >= 0.3 is 6.09 Å². The van der Waals surface area contributed by atoms with Gasteiger partial charge in [-0.2, -0.15) is 0 Å². The first kappa shape index (κ1) is 25.2. The van der Waals surface area contributed by atoms with Gasteiger partial charge in [0.15, 0.2) is 0 Å². The smallest absolute Gasteiger partial charge is 0.407 e. The summed E-state index contributed by atoms with van der Waals surface area (Å²) in [6.07, 6.45) is 0.130. The number of carbonyl (C=O) groups excluding carboxylic acids is 3. The van der Waals surface area contributed by atoms with Gasteiger partial charge in [0.2, 0.25) is 5.91 Å². The number of likely N-dealkylation sites (tertiary alicyclic amines) is 1. The molecule has 1 saturated heterocycles. The minimum absolute atomic E-state index is 0.00702. The van der Waals surface area contributed by atoms with Crippen molar-refractivity contribution in [2.45, 2.75) is 57.7 Å². The molecule has 3 amide bonds. The highest BCUT2D eigenvalue weighted by Gasteiger charge is 2.30. The van der Waals surface area contributed by atoms with Gasteiger partial charge in [-0.1, -0.05) is 36.4 Å². The van der Waals surface area contributed by atoms with E-state index in [1.165, 1.54) is 6.07 Å². The van der Waals surface area contributed by atoms with Gasteiger partial charge in [0.1, 0.15) is 11.4 Å². The van der Waals surface area contributed by atoms with E-state index in [1.807, 2.05) is 6.07 Å². The molecule has 1 fully saturated rings. The van der Waals surface area contributed by atoms with Crippen molar-refractivity contribution < 1.29 is 23.5 Å². The van der Waals surface area contributed by atoms with Gasteiger partial charge in [-0.15, -0.1) is 0 Å². The van der Waals surface area contributed by atoms with E-state index >= 15 is 0 Å². The van der Waals surface area contributed by atoms with Crippen LogP contribution in [0.5, 0.6) is 0 Å². The summed E-state index contributed by atoms with van der Waals surface area (Å²) >= 11 is 0. The van der Waals surface area contributed by atoms with Crippen molar-refractivity contribution in [1.82, 2.24) is 15.5 Å². The second kappa shape index (κ2) is 11.1. The molecular weight excluding hydrogens is 437 g/mol. The van der Waals surface area contributed by atoms with E-state index < -0.39 is 23.6 Å². The van der Waals surface area contributed by atoms with E-state index in [2.05, 4.69) is 10.6 Å². The number of benzene rings is 2. The first-order chi connectivity index (χ1) is 16.1. The van der Waals surface area contributed by atoms with Crippen LogP contribution in [0.15, 0.2) is 54.6 Å². The van der Waals surface area contributed by atoms with Crippen molar-refractivity contribution in [3.63, 3.8) is 0 Å².